The molecule has 6 heteroatoms. The lowest BCUT2D eigenvalue weighted by Gasteiger charge is -2.22. The van der Waals surface area contributed by atoms with Crippen molar-refractivity contribution in [2.24, 2.45) is 0 Å². The molecule has 0 saturated heterocycles. The van der Waals surface area contributed by atoms with Crippen molar-refractivity contribution in [2.45, 2.75) is 45.0 Å². The van der Waals surface area contributed by atoms with Crippen LogP contribution in [0.4, 0.5) is 0 Å². The first kappa shape index (κ1) is 15.2. The topological polar surface area (TPSA) is 64.0 Å². The molecule has 1 heterocycles. The molecule has 0 aliphatic heterocycles. The summed E-state index contributed by atoms with van der Waals surface area (Å²) in [5.41, 5.74) is 1.06. The van der Waals surface area contributed by atoms with E-state index >= 15 is 0 Å². The van der Waals surface area contributed by atoms with Crippen molar-refractivity contribution in [1.29, 1.82) is 0 Å². The van der Waals surface area contributed by atoms with Gasteiger partial charge in [0.05, 0.1) is 10.9 Å². The van der Waals surface area contributed by atoms with Crippen molar-refractivity contribution >= 4 is 9.84 Å². The minimum Gasteiger partial charge on any atom is -0.311 e. The van der Waals surface area contributed by atoms with Crippen molar-refractivity contribution in [3.8, 4) is 0 Å². The molecule has 0 aromatic carbocycles. The van der Waals surface area contributed by atoms with E-state index in [0.717, 1.165) is 5.56 Å². The number of nitrogens with zero attached hydrogens (tertiary/aromatic N) is 2. The Morgan fingerprint density at radius 1 is 1.44 bits per heavy atom. The molecule has 0 atom stereocenters. The van der Waals surface area contributed by atoms with Crippen LogP contribution >= 0.6 is 0 Å². The van der Waals surface area contributed by atoms with Crippen LogP contribution in [0.2, 0.25) is 0 Å². The Kier molecular flexibility index (Phi) is 4.55. The smallest absolute Gasteiger partial charge is 0.153 e. The Labute approximate surface area is 109 Å². The van der Waals surface area contributed by atoms with Gasteiger partial charge < -0.3 is 5.32 Å². The van der Waals surface area contributed by atoms with Crippen molar-refractivity contribution < 1.29 is 8.42 Å². The fraction of sp³-hybridized carbons (Fsp3) is 0.750. The van der Waals surface area contributed by atoms with Gasteiger partial charge in [-0.15, -0.1) is 0 Å². The van der Waals surface area contributed by atoms with E-state index in [-0.39, 0.29) is 0 Å². The summed E-state index contributed by atoms with van der Waals surface area (Å²) in [6.45, 7) is 8.65. The Balaban J connectivity index is 2.52. The maximum absolute atomic E-state index is 11.5. The van der Waals surface area contributed by atoms with E-state index in [0.29, 0.717) is 19.1 Å². The Hall–Kier alpha value is -0.880. The summed E-state index contributed by atoms with van der Waals surface area (Å²) in [4.78, 5) is 0. The number of aromatic nitrogens is 2. The van der Waals surface area contributed by atoms with Gasteiger partial charge in [-0.25, -0.2) is 8.42 Å². The summed E-state index contributed by atoms with van der Waals surface area (Å²) >= 11 is 0. The van der Waals surface area contributed by atoms with E-state index in [9.17, 15) is 8.42 Å². The number of hydrogen-bond donors (Lipinski definition) is 1. The van der Waals surface area contributed by atoms with E-state index in [1.165, 1.54) is 6.26 Å². The first-order valence-electron chi connectivity index (χ1n) is 6.07. The summed E-state index contributed by atoms with van der Waals surface area (Å²) in [6, 6.07) is 0.339. The first-order valence-corrected chi connectivity index (χ1v) is 7.96. The third kappa shape index (κ3) is 3.81. The molecule has 18 heavy (non-hydrogen) atoms. The van der Waals surface area contributed by atoms with Crippen LogP contribution < -0.4 is 5.32 Å². The molecule has 0 bridgehead atoms. The lowest BCUT2D eigenvalue weighted by molar-refractivity contribution is 0.519. The normalized spacial score (nSPS) is 13.2. The quantitative estimate of drug-likeness (QED) is 0.850. The average Bonchev–Trinajstić information content (AvgIpc) is 2.64. The van der Waals surface area contributed by atoms with Crippen LogP contribution in [-0.4, -0.2) is 35.7 Å². The van der Waals surface area contributed by atoms with Gasteiger partial charge in [0.15, 0.2) is 9.84 Å². The summed E-state index contributed by atoms with van der Waals surface area (Å²) in [6.07, 6.45) is 5.05. The number of nitrogens with one attached hydrogen (secondary N) is 1. The zero-order valence-corrected chi connectivity index (χ0v) is 12.6. The lowest BCUT2D eigenvalue weighted by atomic mass is 10.2. The summed E-state index contributed by atoms with van der Waals surface area (Å²) in [5.74, 6) is 0. The van der Waals surface area contributed by atoms with Crippen molar-refractivity contribution in [3.63, 3.8) is 0 Å². The largest absolute Gasteiger partial charge is 0.311 e. The van der Waals surface area contributed by atoms with Gasteiger partial charge in [-0.05, 0) is 27.7 Å². The highest BCUT2D eigenvalue weighted by molar-refractivity contribution is 7.92. The molecule has 5 nitrogen and oxygen atoms in total. The molecule has 104 valence electrons. The molecule has 1 aromatic heterocycles. The standard InChI is InChI=1S/C12H23N3O2S/c1-10(2)15-8-11(7-14-15)6-13-9-12(3,4)18(5,16)17/h7-8,10,13H,6,9H2,1-5H3. The van der Waals surface area contributed by atoms with E-state index in [1.54, 1.807) is 20.0 Å². The van der Waals surface area contributed by atoms with E-state index in [1.807, 2.05) is 10.9 Å². The monoisotopic (exact) mass is 273 g/mol. The minimum absolute atomic E-state index is 0.339. The molecule has 0 aliphatic rings. The second-order valence-corrected chi connectivity index (χ2v) is 8.21. The maximum Gasteiger partial charge on any atom is 0.153 e. The molecule has 1 N–H and O–H groups in total. The van der Waals surface area contributed by atoms with Gasteiger partial charge in [0.25, 0.3) is 0 Å². The maximum atomic E-state index is 11.5. The van der Waals surface area contributed by atoms with Crippen LogP contribution in [0, 0.1) is 0 Å². The highest BCUT2D eigenvalue weighted by atomic mass is 32.2. The minimum atomic E-state index is -3.05. The van der Waals surface area contributed by atoms with Crippen LogP contribution in [0.15, 0.2) is 12.4 Å². The molecule has 1 rings (SSSR count). The van der Waals surface area contributed by atoms with Gasteiger partial charge in [-0.2, -0.15) is 5.10 Å². The van der Waals surface area contributed by atoms with Crippen molar-refractivity contribution in [3.05, 3.63) is 18.0 Å². The van der Waals surface area contributed by atoms with Crippen LogP contribution in [-0.2, 0) is 16.4 Å². The van der Waals surface area contributed by atoms with Crippen LogP contribution in [0.3, 0.4) is 0 Å². The fourth-order valence-corrected chi connectivity index (χ4v) is 1.75. The Morgan fingerprint density at radius 3 is 2.50 bits per heavy atom. The molecule has 0 spiro atoms. The Morgan fingerprint density at radius 2 is 2.06 bits per heavy atom. The van der Waals surface area contributed by atoms with E-state index < -0.39 is 14.6 Å². The predicted molar refractivity (Wildman–Crippen MR) is 73.2 cm³/mol. The summed E-state index contributed by atoms with van der Waals surface area (Å²) in [7, 11) is -3.05. The highest BCUT2D eigenvalue weighted by Crippen LogP contribution is 2.13. The van der Waals surface area contributed by atoms with Crippen molar-refractivity contribution in [1.82, 2.24) is 15.1 Å². The van der Waals surface area contributed by atoms with Gasteiger partial charge in [-0.1, -0.05) is 0 Å². The van der Waals surface area contributed by atoms with Crippen LogP contribution in [0.25, 0.3) is 0 Å². The molecule has 1 aromatic rings. The third-order valence-electron chi connectivity index (χ3n) is 3.07. The summed E-state index contributed by atoms with van der Waals surface area (Å²) in [5, 5.41) is 7.41. The van der Waals surface area contributed by atoms with Crippen molar-refractivity contribution in [2.75, 3.05) is 12.8 Å². The van der Waals surface area contributed by atoms with Gasteiger partial charge in [0.2, 0.25) is 0 Å². The van der Waals surface area contributed by atoms with E-state index in [4.69, 9.17) is 0 Å². The molecule has 0 aliphatic carbocycles. The summed E-state index contributed by atoms with van der Waals surface area (Å²) < 4.78 is 24.2. The first-order chi connectivity index (χ1) is 8.13. The number of hydrogen-bond acceptors (Lipinski definition) is 4. The predicted octanol–water partition coefficient (Wildman–Crippen LogP) is 1.38. The molecule has 0 radical (unpaired) electrons. The van der Waals surface area contributed by atoms with Crippen LogP contribution in [0.5, 0.6) is 0 Å². The molecule has 0 saturated carbocycles. The Bertz CT molecular complexity index is 489. The van der Waals surface area contributed by atoms with E-state index in [2.05, 4.69) is 24.3 Å². The zero-order valence-electron chi connectivity index (χ0n) is 11.8. The lowest BCUT2D eigenvalue weighted by Crippen LogP contribution is -2.41. The molecular weight excluding hydrogens is 250 g/mol. The van der Waals surface area contributed by atoms with Gasteiger partial charge in [-0.3, -0.25) is 4.68 Å². The second-order valence-electron chi connectivity index (χ2n) is 5.56. The molecule has 0 unspecified atom stereocenters. The molecular formula is C12H23N3O2S. The van der Waals surface area contributed by atoms with Crippen LogP contribution in [0.1, 0.15) is 39.3 Å². The third-order valence-corrected chi connectivity index (χ3v) is 5.22. The second kappa shape index (κ2) is 5.40. The molecule has 0 amide bonds. The molecule has 0 fully saturated rings. The highest BCUT2D eigenvalue weighted by Gasteiger charge is 2.29. The SMILES string of the molecule is CC(C)n1cc(CNCC(C)(C)S(C)(=O)=O)cn1. The van der Waals surface area contributed by atoms with Gasteiger partial charge >= 0.3 is 0 Å². The van der Waals surface area contributed by atoms with Gasteiger partial charge in [0, 0.05) is 37.1 Å². The van der Waals surface area contributed by atoms with Gasteiger partial charge in [0.1, 0.15) is 0 Å². The number of sulfone groups is 1. The average molecular weight is 273 g/mol. The number of rotatable bonds is 6. The fourth-order valence-electron chi connectivity index (χ4n) is 1.39. The zero-order chi connectivity index (χ0) is 14.0.